The van der Waals surface area contributed by atoms with Crippen molar-refractivity contribution in [2.24, 2.45) is 10.9 Å². The summed E-state index contributed by atoms with van der Waals surface area (Å²) in [6.45, 7) is 7.69. The second kappa shape index (κ2) is 5.29. The van der Waals surface area contributed by atoms with E-state index < -0.39 is 0 Å². The number of nitrogens with zero attached hydrogens (tertiary/aromatic N) is 1. The van der Waals surface area contributed by atoms with Gasteiger partial charge in [0, 0.05) is 12.4 Å². The third-order valence-electron chi connectivity index (χ3n) is 0.774. The Kier molecular flexibility index (Phi) is 4.79. The highest BCUT2D eigenvalue weighted by Crippen LogP contribution is 1.90. The highest BCUT2D eigenvalue weighted by molar-refractivity contribution is 5.71. The highest BCUT2D eigenvalue weighted by atomic mass is 14.6. The molecule has 0 N–H and O–H groups in total. The van der Waals surface area contributed by atoms with Gasteiger partial charge in [0.25, 0.3) is 0 Å². The van der Waals surface area contributed by atoms with E-state index in [9.17, 15) is 0 Å². The van der Waals surface area contributed by atoms with E-state index in [-0.39, 0.29) is 0 Å². The molecule has 0 bridgehead atoms. The van der Waals surface area contributed by atoms with Crippen molar-refractivity contribution in [1.82, 2.24) is 0 Å². The van der Waals surface area contributed by atoms with Crippen LogP contribution in [0.15, 0.2) is 29.9 Å². The van der Waals surface area contributed by atoms with Crippen molar-refractivity contribution in [2.75, 3.05) is 0 Å². The molecule has 0 fully saturated rings. The third-order valence-corrected chi connectivity index (χ3v) is 0.774. The van der Waals surface area contributed by atoms with Crippen LogP contribution in [0.5, 0.6) is 0 Å². The molecule has 0 saturated heterocycles. The van der Waals surface area contributed by atoms with E-state index in [1.54, 1.807) is 6.21 Å². The fourth-order valence-corrected chi connectivity index (χ4v) is 0.382. The molecule has 50 valence electrons. The zero-order valence-electron chi connectivity index (χ0n) is 6.04. The van der Waals surface area contributed by atoms with Crippen LogP contribution in [0.1, 0.15) is 13.8 Å². The van der Waals surface area contributed by atoms with Crippen molar-refractivity contribution in [1.29, 1.82) is 0 Å². The molecule has 1 heteroatoms. The van der Waals surface area contributed by atoms with E-state index >= 15 is 0 Å². The average molecular weight is 123 g/mol. The van der Waals surface area contributed by atoms with Crippen molar-refractivity contribution in [3.8, 4) is 0 Å². The summed E-state index contributed by atoms with van der Waals surface area (Å²) >= 11 is 0. The van der Waals surface area contributed by atoms with E-state index in [0.29, 0.717) is 5.92 Å². The topological polar surface area (TPSA) is 12.4 Å². The Morgan fingerprint density at radius 3 is 2.56 bits per heavy atom. The first kappa shape index (κ1) is 8.15. The van der Waals surface area contributed by atoms with E-state index in [1.807, 2.05) is 6.08 Å². The molecule has 1 nitrogen and oxygen atoms in total. The van der Waals surface area contributed by atoms with Crippen LogP contribution in [-0.4, -0.2) is 6.21 Å². The molecule has 0 atom stereocenters. The summed E-state index contributed by atoms with van der Waals surface area (Å²) in [4.78, 5) is 3.80. The maximum Gasteiger partial charge on any atom is 0.0264 e. The number of hydrogen-bond acceptors (Lipinski definition) is 1. The van der Waals surface area contributed by atoms with Gasteiger partial charge in [-0.05, 0) is 12.0 Å². The Morgan fingerprint density at radius 1 is 1.44 bits per heavy atom. The second-order valence-electron chi connectivity index (χ2n) is 2.11. The number of allylic oxidation sites excluding steroid dienone is 2. The zero-order valence-corrected chi connectivity index (χ0v) is 6.04. The van der Waals surface area contributed by atoms with Crippen molar-refractivity contribution < 1.29 is 0 Å². The predicted molar refractivity (Wildman–Crippen MR) is 42.7 cm³/mol. The molecular weight excluding hydrogens is 110 g/mol. The minimum absolute atomic E-state index is 0.598. The molecule has 0 radical (unpaired) electrons. The summed E-state index contributed by atoms with van der Waals surface area (Å²) < 4.78 is 0. The largest absolute Gasteiger partial charge is 0.265 e. The zero-order chi connectivity index (χ0) is 7.11. The summed E-state index contributed by atoms with van der Waals surface area (Å²) in [5, 5.41) is 0. The van der Waals surface area contributed by atoms with Crippen LogP contribution in [-0.2, 0) is 0 Å². The lowest BCUT2D eigenvalue weighted by molar-refractivity contribution is 0.833. The quantitative estimate of drug-likeness (QED) is 0.511. The Morgan fingerprint density at radius 2 is 2.11 bits per heavy atom. The van der Waals surface area contributed by atoms with Gasteiger partial charge in [-0.25, -0.2) is 0 Å². The maximum atomic E-state index is 3.80. The molecule has 0 heterocycles. The van der Waals surface area contributed by atoms with Gasteiger partial charge in [0.15, 0.2) is 0 Å². The van der Waals surface area contributed by atoms with Gasteiger partial charge in [0.2, 0.25) is 0 Å². The lowest BCUT2D eigenvalue weighted by Crippen LogP contribution is -1.76. The monoisotopic (exact) mass is 123 g/mol. The third kappa shape index (κ3) is 7.15. The van der Waals surface area contributed by atoms with Crippen LogP contribution in [0, 0.1) is 5.92 Å². The molecule has 0 aliphatic rings. The van der Waals surface area contributed by atoms with Crippen LogP contribution < -0.4 is 0 Å². The first-order valence-corrected chi connectivity index (χ1v) is 3.08. The summed E-state index contributed by atoms with van der Waals surface area (Å²) in [5.74, 6) is 0.598. The summed E-state index contributed by atoms with van der Waals surface area (Å²) in [7, 11) is 0. The normalized spacial score (nSPS) is 11.9. The standard InChI is InChI=1S/C8H13N/c1-4-9-7-5-6-8(2)3/h4-8H,1H2,2-3H3/b6-5+,9-7?. The molecule has 0 aromatic heterocycles. The molecule has 9 heavy (non-hydrogen) atoms. The van der Waals surface area contributed by atoms with Gasteiger partial charge in [0.1, 0.15) is 0 Å². The van der Waals surface area contributed by atoms with Crippen molar-refractivity contribution in [3.05, 3.63) is 24.9 Å². The minimum Gasteiger partial charge on any atom is -0.265 e. The molecule has 0 aromatic rings. The van der Waals surface area contributed by atoms with Crippen LogP contribution in [0.2, 0.25) is 0 Å². The molecule has 0 amide bonds. The van der Waals surface area contributed by atoms with Gasteiger partial charge in [-0.2, -0.15) is 0 Å². The highest BCUT2D eigenvalue weighted by Gasteiger charge is 1.78. The van der Waals surface area contributed by atoms with E-state index in [2.05, 4.69) is 31.5 Å². The van der Waals surface area contributed by atoms with E-state index in [4.69, 9.17) is 0 Å². The molecule has 0 saturated carbocycles. The average Bonchev–Trinajstić information content (AvgIpc) is 1.80. The second-order valence-corrected chi connectivity index (χ2v) is 2.11. The Hall–Kier alpha value is -0.850. The molecule has 0 aliphatic heterocycles. The predicted octanol–water partition coefficient (Wildman–Crippen LogP) is 2.41. The van der Waals surface area contributed by atoms with Gasteiger partial charge in [0.05, 0.1) is 0 Å². The fraction of sp³-hybridized carbons (Fsp3) is 0.375. The lowest BCUT2D eigenvalue weighted by Gasteiger charge is -1.87. The Bertz CT molecular complexity index is 121. The fourth-order valence-electron chi connectivity index (χ4n) is 0.382. The molecular formula is C8H13N. The molecule has 0 aliphatic carbocycles. The molecule has 0 spiro atoms. The molecule has 0 aromatic carbocycles. The van der Waals surface area contributed by atoms with Crippen molar-refractivity contribution in [3.63, 3.8) is 0 Å². The van der Waals surface area contributed by atoms with Crippen LogP contribution in [0.4, 0.5) is 0 Å². The van der Waals surface area contributed by atoms with E-state index in [0.717, 1.165) is 0 Å². The maximum absolute atomic E-state index is 3.80. The van der Waals surface area contributed by atoms with Gasteiger partial charge in [-0.1, -0.05) is 26.5 Å². The minimum atomic E-state index is 0.598. The summed E-state index contributed by atoms with van der Waals surface area (Å²) in [5.41, 5.74) is 0. The van der Waals surface area contributed by atoms with Crippen LogP contribution >= 0.6 is 0 Å². The molecule has 0 rings (SSSR count). The smallest absolute Gasteiger partial charge is 0.0264 e. The summed E-state index contributed by atoms with van der Waals surface area (Å²) in [6, 6.07) is 0. The Balaban J connectivity index is 3.46. The summed E-state index contributed by atoms with van der Waals surface area (Å²) in [6.07, 6.45) is 7.25. The van der Waals surface area contributed by atoms with Gasteiger partial charge in [-0.3, -0.25) is 4.99 Å². The number of rotatable bonds is 3. The Labute approximate surface area is 56.8 Å². The lowest BCUT2D eigenvalue weighted by atomic mass is 10.2. The van der Waals surface area contributed by atoms with E-state index in [1.165, 1.54) is 6.20 Å². The van der Waals surface area contributed by atoms with Gasteiger partial charge >= 0.3 is 0 Å². The van der Waals surface area contributed by atoms with Crippen LogP contribution in [0.3, 0.4) is 0 Å². The van der Waals surface area contributed by atoms with Crippen LogP contribution in [0.25, 0.3) is 0 Å². The number of hydrogen-bond donors (Lipinski definition) is 0. The first-order chi connectivity index (χ1) is 4.27. The van der Waals surface area contributed by atoms with Gasteiger partial charge in [-0.15, -0.1) is 0 Å². The SMILES string of the molecule is C=CN=C/C=C/C(C)C. The molecule has 0 unspecified atom stereocenters. The van der Waals surface area contributed by atoms with Crippen molar-refractivity contribution in [2.45, 2.75) is 13.8 Å². The first-order valence-electron chi connectivity index (χ1n) is 3.08. The number of aliphatic imine (C=N–C) groups is 1. The van der Waals surface area contributed by atoms with Gasteiger partial charge < -0.3 is 0 Å². The van der Waals surface area contributed by atoms with Crippen molar-refractivity contribution >= 4 is 6.21 Å².